The SMILES string of the molecule is CCCCOC(=O)c1ccc(Cl)cc1NC(=O)c1c(Cl)cccc1Cl. The molecule has 0 bridgehead atoms. The van der Waals surface area contributed by atoms with Crippen LogP contribution in [0.1, 0.15) is 40.5 Å². The summed E-state index contributed by atoms with van der Waals surface area (Å²) in [5, 5.41) is 3.41. The van der Waals surface area contributed by atoms with Gasteiger partial charge >= 0.3 is 5.97 Å². The number of unbranched alkanes of at least 4 members (excludes halogenated alkanes) is 1. The summed E-state index contributed by atoms with van der Waals surface area (Å²) >= 11 is 18.1. The van der Waals surface area contributed by atoms with Gasteiger partial charge in [0, 0.05) is 5.02 Å². The normalized spacial score (nSPS) is 10.4. The number of carbonyl (C=O) groups excluding carboxylic acids is 2. The van der Waals surface area contributed by atoms with Crippen LogP contribution >= 0.6 is 34.8 Å². The highest BCUT2D eigenvalue weighted by Crippen LogP contribution is 2.27. The molecule has 0 spiro atoms. The molecule has 0 fully saturated rings. The quantitative estimate of drug-likeness (QED) is 0.488. The maximum Gasteiger partial charge on any atom is 0.340 e. The Labute approximate surface area is 161 Å². The summed E-state index contributed by atoms with van der Waals surface area (Å²) in [5.41, 5.74) is 0.558. The third-order valence-electron chi connectivity index (χ3n) is 3.37. The number of amides is 1. The average Bonchev–Trinajstić information content (AvgIpc) is 2.55. The van der Waals surface area contributed by atoms with Gasteiger partial charge in [-0.2, -0.15) is 0 Å². The number of ether oxygens (including phenoxy) is 1. The third-order valence-corrected chi connectivity index (χ3v) is 4.24. The molecule has 0 unspecified atom stereocenters. The van der Waals surface area contributed by atoms with E-state index in [4.69, 9.17) is 39.5 Å². The van der Waals surface area contributed by atoms with E-state index in [1.54, 1.807) is 24.3 Å². The zero-order chi connectivity index (χ0) is 18.4. The number of anilines is 1. The van der Waals surface area contributed by atoms with Gasteiger partial charge in [0.2, 0.25) is 0 Å². The minimum Gasteiger partial charge on any atom is -0.462 e. The molecule has 4 nitrogen and oxygen atoms in total. The fourth-order valence-corrected chi connectivity index (χ4v) is 2.83. The molecule has 2 aromatic rings. The van der Waals surface area contributed by atoms with Gasteiger partial charge in [-0.25, -0.2) is 4.79 Å². The standard InChI is InChI=1S/C18H16Cl3NO3/c1-2-3-9-25-18(24)12-8-7-11(19)10-15(12)22-17(23)16-13(20)5-4-6-14(16)21/h4-8,10H,2-3,9H2,1H3,(H,22,23). The molecule has 1 amide bonds. The van der Waals surface area contributed by atoms with E-state index in [-0.39, 0.29) is 26.9 Å². The van der Waals surface area contributed by atoms with Crippen LogP contribution in [-0.4, -0.2) is 18.5 Å². The number of carbonyl (C=O) groups is 2. The van der Waals surface area contributed by atoms with E-state index in [9.17, 15) is 9.59 Å². The van der Waals surface area contributed by atoms with Gasteiger partial charge in [0.05, 0.1) is 33.5 Å². The van der Waals surface area contributed by atoms with Gasteiger partial charge in [-0.05, 0) is 36.8 Å². The van der Waals surface area contributed by atoms with E-state index in [1.165, 1.54) is 12.1 Å². The van der Waals surface area contributed by atoms with Gasteiger partial charge in [0.15, 0.2) is 0 Å². The lowest BCUT2D eigenvalue weighted by atomic mass is 10.1. The molecule has 25 heavy (non-hydrogen) atoms. The van der Waals surface area contributed by atoms with Crippen molar-refractivity contribution in [2.75, 3.05) is 11.9 Å². The summed E-state index contributed by atoms with van der Waals surface area (Å²) in [6.07, 6.45) is 1.67. The molecule has 0 aliphatic heterocycles. The maximum absolute atomic E-state index is 12.5. The van der Waals surface area contributed by atoms with Gasteiger partial charge in [-0.3, -0.25) is 4.79 Å². The minimum atomic E-state index is -0.541. The van der Waals surface area contributed by atoms with Crippen LogP contribution in [0, 0.1) is 0 Å². The number of nitrogens with one attached hydrogen (secondary N) is 1. The highest BCUT2D eigenvalue weighted by molar-refractivity contribution is 6.40. The van der Waals surface area contributed by atoms with Crippen LogP contribution in [0.3, 0.4) is 0 Å². The Balaban J connectivity index is 2.28. The predicted molar refractivity (Wildman–Crippen MR) is 101 cm³/mol. The first kappa shape index (κ1) is 19.6. The number of halogens is 3. The number of rotatable bonds is 6. The number of hydrogen-bond donors (Lipinski definition) is 1. The topological polar surface area (TPSA) is 55.4 Å². The van der Waals surface area contributed by atoms with Gasteiger partial charge in [-0.15, -0.1) is 0 Å². The summed E-state index contributed by atoms with van der Waals surface area (Å²) < 4.78 is 5.20. The first-order valence-electron chi connectivity index (χ1n) is 7.66. The Bertz CT molecular complexity index is 773. The summed E-state index contributed by atoms with van der Waals surface area (Å²) in [6.45, 7) is 2.30. The molecule has 0 heterocycles. The van der Waals surface area contributed by atoms with Crippen LogP contribution < -0.4 is 5.32 Å². The lowest BCUT2D eigenvalue weighted by Crippen LogP contribution is -2.17. The van der Waals surface area contributed by atoms with Crippen molar-refractivity contribution in [3.63, 3.8) is 0 Å². The van der Waals surface area contributed by atoms with Crippen molar-refractivity contribution in [2.45, 2.75) is 19.8 Å². The molecule has 1 N–H and O–H groups in total. The van der Waals surface area contributed by atoms with Crippen molar-refractivity contribution < 1.29 is 14.3 Å². The van der Waals surface area contributed by atoms with E-state index in [1.807, 2.05) is 6.92 Å². The molecule has 7 heteroatoms. The van der Waals surface area contributed by atoms with E-state index in [0.29, 0.717) is 11.6 Å². The highest BCUT2D eigenvalue weighted by Gasteiger charge is 2.19. The van der Waals surface area contributed by atoms with Crippen molar-refractivity contribution in [3.05, 3.63) is 62.6 Å². The Morgan fingerprint density at radius 1 is 1.08 bits per heavy atom. The van der Waals surface area contributed by atoms with Crippen molar-refractivity contribution >= 4 is 52.4 Å². The Morgan fingerprint density at radius 3 is 2.40 bits per heavy atom. The molecular weight excluding hydrogens is 385 g/mol. The largest absolute Gasteiger partial charge is 0.462 e. The van der Waals surface area contributed by atoms with Crippen molar-refractivity contribution in [2.24, 2.45) is 0 Å². The Kier molecular flexibility index (Phi) is 7.12. The van der Waals surface area contributed by atoms with E-state index in [2.05, 4.69) is 5.32 Å². The van der Waals surface area contributed by atoms with Gasteiger partial charge in [0.25, 0.3) is 5.91 Å². The molecular formula is C18H16Cl3NO3. The van der Waals surface area contributed by atoms with Crippen LogP contribution in [0.25, 0.3) is 0 Å². The van der Waals surface area contributed by atoms with Crippen LogP contribution in [-0.2, 0) is 4.74 Å². The van der Waals surface area contributed by atoms with Crippen LogP contribution in [0.2, 0.25) is 15.1 Å². The zero-order valence-electron chi connectivity index (χ0n) is 13.4. The number of benzene rings is 2. The molecule has 0 aromatic heterocycles. The number of esters is 1. The molecule has 0 aliphatic rings. The first-order chi connectivity index (χ1) is 11.9. The summed E-state index contributed by atoms with van der Waals surface area (Å²) in [4.78, 5) is 24.8. The highest BCUT2D eigenvalue weighted by atomic mass is 35.5. The van der Waals surface area contributed by atoms with E-state index in [0.717, 1.165) is 12.8 Å². The maximum atomic E-state index is 12.5. The minimum absolute atomic E-state index is 0.121. The Hall–Kier alpha value is -1.75. The van der Waals surface area contributed by atoms with Gasteiger partial charge in [-0.1, -0.05) is 54.2 Å². The fourth-order valence-electron chi connectivity index (χ4n) is 2.08. The summed E-state index contributed by atoms with van der Waals surface area (Å²) in [7, 11) is 0. The predicted octanol–water partition coefficient (Wildman–Crippen LogP) is 5.86. The molecule has 0 aliphatic carbocycles. The second-order valence-corrected chi connectivity index (χ2v) is 6.48. The molecule has 0 saturated heterocycles. The zero-order valence-corrected chi connectivity index (χ0v) is 15.7. The molecule has 2 aromatic carbocycles. The second kappa shape index (κ2) is 9.09. The van der Waals surface area contributed by atoms with Crippen LogP contribution in [0.4, 0.5) is 5.69 Å². The lowest BCUT2D eigenvalue weighted by Gasteiger charge is -2.13. The van der Waals surface area contributed by atoms with Crippen molar-refractivity contribution in [1.82, 2.24) is 0 Å². The fraction of sp³-hybridized carbons (Fsp3) is 0.222. The molecule has 0 saturated carbocycles. The monoisotopic (exact) mass is 399 g/mol. The second-order valence-electron chi connectivity index (χ2n) is 5.23. The smallest absolute Gasteiger partial charge is 0.340 e. The van der Waals surface area contributed by atoms with Gasteiger partial charge in [0.1, 0.15) is 0 Å². The average molecular weight is 401 g/mol. The molecule has 0 radical (unpaired) electrons. The van der Waals surface area contributed by atoms with E-state index >= 15 is 0 Å². The summed E-state index contributed by atoms with van der Waals surface area (Å²) in [5.74, 6) is -1.08. The first-order valence-corrected chi connectivity index (χ1v) is 8.79. The van der Waals surface area contributed by atoms with Crippen LogP contribution in [0.5, 0.6) is 0 Å². The third kappa shape index (κ3) is 5.11. The molecule has 2 rings (SSSR count). The molecule has 132 valence electrons. The van der Waals surface area contributed by atoms with Gasteiger partial charge < -0.3 is 10.1 Å². The lowest BCUT2D eigenvalue weighted by molar-refractivity contribution is 0.0501. The van der Waals surface area contributed by atoms with Crippen LogP contribution in [0.15, 0.2) is 36.4 Å². The van der Waals surface area contributed by atoms with Crippen molar-refractivity contribution in [1.29, 1.82) is 0 Å². The van der Waals surface area contributed by atoms with Crippen molar-refractivity contribution in [3.8, 4) is 0 Å². The summed E-state index contributed by atoms with van der Waals surface area (Å²) in [6, 6.07) is 9.27. The molecule has 0 atom stereocenters. The Morgan fingerprint density at radius 2 is 1.76 bits per heavy atom. The number of hydrogen-bond acceptors (Lipinski definition) is 3. The van der Waals surface area contributed by atoms with E-state index < -0.39 is 11.9 Å².